The highest BCUT2D eigenvalue weighted by Crippen LogP contribution is 2.25. The zero-order chi connectivity index (χ0) is 18.6. The summed E-state index contributed by atoms with van der Waals surface area (Å²) in [6.45, 7) is 18.2. The Hall–Kier alpha value is -1.22. The Labute approximate surface area is 148 Å². The fraction of sp³-hybridized carbons (Fsp3) is 0.632. The Morgan fingerprint density at radius 3 is 2.09 bits per heavy atom. The van der Waals surface area contributed by atoms with E-state index < -0.39 is 0 Å². The molecule has 0 aliphatic carbocycles. The Bertz CT molecular complexity index is 420. The van der Waals surface area contributed by atoms with E-state index in [2.05, 4.69) is 27.4 Å². The largest absolute Gasteiger partial charge is 0.497 e. The molecule has 0 saturated heterocycles. The third kappa shape index (κ3) is 10.2. The first kappa shape index (κ1) is 24.0. The number of hydrogen-bond acceptors (Lipinski definition) is 2. The summed E-state index contributed by atoms with van der Waals surface area (Å²) in [5.74, 6) is 1.21. The van der Waals surface area contributed by atoms with Crippen LogP contribution < -0.4 is 0 Å². The van der Waals surface area contributed by atoms with E-state index in [4.69, 9.17) is 16.3 Å². The van der Waals surface area contributed by atoms with Crippen molar-refractivity contribution in [1.29, 1.82) is 0 Å². The highest BCUT2D eigenvalue weighted by Gasteiger charge is 2.30. The Kier molecular flexibility index (Phi) is 12.8. The van der Waals surface area contributed by atoms with Gasteiger partial charge in [0, 0.05) is 11.2 Å². The minimum atomic E-state index is -0.299. The van der Waals surface area contributed by atoms with Crippen LogP contribution in [0.25, 0.3) is 0 Å². The van der Waals surface area contributed by atoms with Gasteiger partial charge < -0.3 is 9.64 Å². The molecule has 1 amide bonds. The third-order valence-corrected chi connectivity index (χ3v) is 3.32. The van der Waals surface area contributed by atoms with Crippen LogP contribution in [0.2, 0.25) is 0 Å². The predicted octanol–water partition coefficient (Wildman–Crippen LogP) is 5.52. The van der Waals surface area contributed by atoms with Crippen molar-refractivity contribution < 1.29 is 9.53 Å². The zero-order valence-electron chi connectivity index (χ0n) is 16.1. The Morgan fingerprint density at radius 2 is 1.78 bits per heavy atom. The van der Waals surface area contributed by atoms with Gasteiger partial charge in [0.25, 0.3) is 0 Å². The van der Waals surface area contributed by atoms with Gasteiger partial charge in [0.15, 0.2) is 0 Å². The van der Waals surface area contributed by atoms with E-state index in [1.54, 1.807) is 18.1 Å². The first-order valence-electron chi connectivity index (χ1n) is 8.03. The highest BCUT2D eigenvalue weighted by molar-refractivity contribution is 6.27. The van der Waals surface area contributed by atoms with Gasteiger partial charge in [0.05, 0.1) is 7.11 Å². The number of carbonyl (C=O) groups is 1. The van der Waals surface area contributed by atoms with Crippen LogP contribution in [-0.4, -0.2) is 29.3 Å². The van der Waals surface area contributed by atoms with Crippen molar-refractivity contribution in [2.45, 2.75) is 60.4 Å². The smallest absolute Gasteiger partial charge is 0.242 e. The molecule has 0 atom stereocenters. The fourth-order valence-corrected chi connectivity index (χ4v) is 1.71. The van der Waals surface area contributed by atoms with E-state index in [0.29, 0.717) is 5.76 Å². The van der Waals surface area contributed by atoms with Crippen LogP contribution in [0.1, 0.15) is 54.9 Å². The average Bonchev–Trinajstić information content (AvgIpc) is 2.49. The molecule has 0 fully saturated rings. The van der Waals surface area contributed by atoms with Gasteiger partial charge in [-0.3, -0.25) is 4.79 Å². The quantitative estimate of drug-likeness (QED) is 0.346. The molecule has 0 heterocycles. The number of rotatable bonds is 7. The van der Waals surface area contributed by atoms with Crippen molar-refractivity contribution in [3.05, 3.63) is 36.3 Å². The molecular formula is C19H34ClNO2. The molecule has 0 aromatic heterocycles. The zero-order valence-corrected chi connectivity index (χ0v) is 16.8. The number of ether oxygens (including phenoxy) is 1. The number of alkyl halides is 1. The van der Waals surface area contributed by atoms with Gasteiger partial charge in [-0.05, 0) is 45.3 Å². The second-order valence-electron chi connectivity index (χ2n) is 6.48. The van der Waals surface area contributed by atoms with Crippen molar-refractivity contribution in [3.8, 4) is 0 Å². The maximum atomic E-state index is 12.1. The van der Waals surface area contributed by atoms with Gasteiger partial charge >= 0.3 is 0 Å². The molecule has 0 saturated carbocycles. The van der Waals surface area contributed by atoms with Crippen LogP contribution in [0.3, 0.4) is 0 Å². The summed E-state index contributed by atoms with van der Waals surface area (Å²) in [5, 5.41) is 0. The molecule has 4 heteroatoms. The summed E-state index contributed by atoms with van der Waals surface area (Å²) in [7, 11) is 1.56. The number of halogens is 1. The van der Waals surface area contributed by atoms with Crippen LogP contribution in [0.4, 0.5) is 0 Å². The van der Waals surface area contributed by atoms with Gasteiger partial charge in [0.2, 0.25) is 5.91 Å². The summed E-state index contributed by atoms with van der Waals surface area (Å²) in [5.41, 5.74) is 0.489. The van der Waals surface area contributed by atoms with Gasteiger partial charge in [-0.1, -0.05) is 40.3 Å². The van der Waals surface area contributed by atoms with Gasteiger partial charge in [-0.25, -0.2) is 0 Å². The first-order chi connectivity index (χ1) is 10.6. The topological polar surface area (TPSA) is 29.5 Å². The molecule has 3 nitrogen and oxygen atoms in total. The lowest BCUT2D eigenvalue weighted by molar-refractivity contribution is -0.130. The van der Waals surface area contributed by atoms with Crippen LogP contribution in [0.5, 0.6) is 0 Å². The van der Waals surface area contributed by atoms with E-state index >= 15 is 0 Å². The molecule has 0 aromatic carbocycles. The van der Waals surface area contributed by atoms with Crippen molar-refractivity contribution in [2.24, 2.45) is 5.92 Å². The summed E-state index contributed by atoms with van der Waals surface area (Å²) in [6, 6.07) is 0. The average molecular weight is 344 g/mol. The second kappa shape index (κ2) is 12.2. The molecule has 0 aliphatic heterocycles. The van der Waals surface area contributed by atoms with Crippen molar-refractivity contribution in [1.82, 2.24) is 4.90 Å². The van der Waals surface area contributed by atoms with Gasteiger partial charge in [-0.15, -0.1) is 11.6 Å². The molecule has 134 valence electrons. The Morgan fingerprint density at radius 1 is 1.30 bits per heavy atom. The molecule has 0 spiro atoms. The predicted molar refractivity (Wildman–Crippen MR) is 101 cm³/mol. The monoisotopic (exact) mass is 343 g/mol. The fourth-order valence-electron chi connectivity index (χ4n) is 1.60. The molecule has 0 rings (SSSR count). The van der Waals surface area contributed by atoms with E-state index in [-0.39, 0.29) is 17.3 Å². The minimum Gasteiger partial charge on any atom is -0.497 e. The molecule has 0 bridgehead atoms. The number of methoxy groups -OCH3 is 1. The molecule has 0 aromatic rings. The van der Waals surface area contributed by atoms with E-state index in [0.717, 1.165) is 18.0 Å². The van der Waals surface area contributed by atoms with Crippen LogP contribution in [-0.2, 0) is 9.53 Å². The van der Waals surface area contributed by atoms with Gasteiger partial charge in [0.1, 0.15) is 11.6 Å². The van der Waals surface area contributed by atoms with Crippen LogP contribution >= 0.6 is 11.6 Å². The first-order valence-corrected chi connectivity index (χ1v) is 8.57. The van der Waals surface area contributed by atoms with Crippen molar-refractivity contribution in [3.63, 3.8) is 0 Å². The second-order valence-corrected chi connectivity index (χ2v) is 6.75. The summed E-state index contributed by atoms with van der Waals surface area (Å²) in [6.07, 6.45) is 6.25. The molecule has 0 unspecified atom stereocenters. The minimum absolute atomic E-state index is 0.0418. The van der Waals surface area contributed by atoms with Crippen molar-refractivity contribution in [2.75, 3.05) is 13.0 Å². The summed E-state index contributed by atoms with van der Waals surface area (Å²) >= 11 is 5.72. The van der Waals surface area contributed by atoms with E-state index in [1.807, 2.05) is 39.8 Å². The van der Waals surface area contributed by atoms with E-state index in [1.165, 1.54) is 0 Å². The Balaban J connectivity index is 0. The number of nitrogens with zero attached hydrogens (tertiary/aromatic N) is 1. The maximum Gasteiger partial charge on any atom is 0.242 e. The summed E-state index contributed by atoms with van der Waals surface area (Å²) in [4.78, 5) is 13.8. The standard InChI is InChI=1S/C15H24ClNO2.C4H10/c1-7-13(10-9-12(3)19-6)17(14(18)11-16)15(4,5)8-2;1-4(2)3/h7,9-10H,3,8,11H2,1-2,4-6H3;4H,1-3H3/b10-9-,13-7+;. The van der Waals surface area contributed by atoms with Crippen molar-refractivity contribution >= 4 is 17.5 Å². The lowest BCUT2D eigenvalue weighted by atomic mass is 9.98. The third-order valence-electron chi connectivity index (χ3n) is 3.09. The molecular weight excluding hydrogens is 310 g/mol. The number of hydrogen-bond donors (Lipinski definition) is 0. The molecule has 0 aliphatic rings. The van der Waals surface area contributed by atoms with Crippen LogP contribution in [0.15, 0.2) is 36.3 Å². The van der Waals surface area contributed by atoms with Crippen LogP contribution in [0, 0.1) is 5.92 Å². The highest BCUT2D eigenvalue weighted by atomic mass is 35.5. The van der Waals surface area contributed by atoms with E-state index in [9.17, 15) is 4.79 Å². The molecule has 0 N–H and O–H groups in total. The summed E-state index contributed by atoms with van der Waals surface area (Å²) < 4.78 is 4.99. The number of carbonyl (C=O) groups excluding carboxylic acids is 1. The lowest BCUT2D eigenvalue weighted by Gasteiger charge is -2.38. The normalized spacial score (nSPS) is 12.0. The maximum absolute atomic E-state index is 12.1. The van der Waals surface area contributed by atoms with Gasteiger partial charge in [-0.2, -0.15) is 0 Å². The molecule has 0 radical (unpaired) electrons. The molecule has 23 heavy (non-hydrogen) atoms. The number of allylic oxidation sites excluding steroid dienone is 3. The SMILES string of the molecule is C=C(/C=C\C(=C/C)N(C(=O)CCl)C(C)(C)CC)OC.CC(C)C. The lowest BCUT2D eigenvalue weighted by Crippen LogP contribution is -2.46. The number of amides is 1.